The van der Waals surface area contributed by atoms with E-state index in [4.69, 9.17) is 24.9 Å². The smallest absolute Gasteiger partial charge is 0.164 e. The first kappa shape index (κ1) is 29.8. The molecule has 0 aliphatic rings. The first-order valence-corrected chi connectivity index (χ1v) is 15.9. The number of fused-ring (bicyclic) bond motifs is 1. The summed E-state index contributed by atoms with van der Waals surface area (Å²) in [7, 11) is 0. The second kappa shape index (κ2) is 12.5. The van der Waals surface area contributed by atoms with Crippen LogP contribution in [0.2, 0.25) is 0 Å². The fraction of sp³-hybridized carbons (Fsp3) is 0.0750. The molecule has 8 aromatic rings. The lowest BCUT2D eigenvalue weighted by Crippen LogP contribution is -2.02. The van der Waals surface area contributed by atoms with Crippen molar-refractivity contribution in [1.82, 2.24) is 44.9 Å². The molecule has 9 nitrogen and oxygen atoms in total. The highest BCUT2D eigenvalue weighted by atomic mass is 15.0. The third-order valence-electron chi connectivity index (χ3n) is 8.07. The van der Waals surface area contributed by atoms with Gasteiger partial charge in [0.25, 0.3) is 0 Å². The molecule has 0 saturated heterocycles. The topological polar surface area (TPSA) is 116 Å². The molecule has 3 heterocycles. The summed E-state index contributed by atoms with van der Waals surface area (Å²) in [5.41, 5.74) is 5.23. The molecular formula is C40H29N9. The predicted molar refractivity (Wildman–Crippen MR) is 191 cm³/mol. The number of rotatable bonds is 6. The van der Waals surface area contributed by atoms with Crippen molar-refractivity contribution in [3.8, 4) is 68.3 Å². The monoisotopic (exact) mass is 635 g/mol. The Bertz CT molecular complexity index is 2440. The van der Waals surface area contributed by atoms with Crippen LogP contribution >= 0.6 is 0 Å². The van der Waals surface area contributed by atoms with E-state index in [-0.39, 0.29) is 0 Å². The van der Waals surface area contributed by atoms with Gasteiger partial charge in [-0.3, -0.25) is 0 Å². The number of aryl methyl sites for hydroxylation is 3. The van der Waals surface area contributed by atoms with Crippen molar-refractivity contribution in [1.29, 1.82) is 0 Å². The molecule has 5 aromatic carbocycles. The van der Waals surface area contributed by atoms with Gasteiger partial charge in [-0.2, -0.15) is 0 Å². The quantitative estimate of drug-likeness (QED) is 0.178. The van der Waals surface area contributed by atoms with E-state index in [0.717, 1.165) is 44.2 Å². The van der Waals surface area contributed by atoms with Crippen molar-refractivity contribution in [3.05, 3.63) is 139 Å². The maximum atomic E-state index is 5.08. The molecule has 9 heteroatoms. The third-order valence-corrected chi connectivity index (χ3v) is 8.07. The summed E-state index contributed by atoms with van der Waals surface area (Å²) in [6.45, 7) is 5.62. The van der Waals surface area contributed by atoms with E-state index in [9.17, 15) is 0 Å². The van der Waals surface area contributed by atoms with Crippen LogP contribution in [0.3, 0.4) is 0 Å². The highest BCUT2D eigenvalue weighted by Crippen LogP contribution is 2.34. The molecule has 0 unspecified atom stereocenters. The molecular weight excluding hydrogens is 607 g/mol. The zero-order chi connectivity index (χ0) is 33.3. The molecule has 0 N–H and O–H groups in total. The predicted octanol–water partition coefficient (Wildman–Crippen LogP) is 8.32. The van der Waals surface area contributed by atoms with Crippen molar-refractivity contribution >= 4 is 10.8 Å². The van der Waals surface area contributed by atoms with Crippen molar-refractivity contribution in [2.24, 2.45) is 0 Å². The van der Waals surface area contributed by atoms with Crippen LogP contribution in [0.1, 0.15) is 17.5 Å². The fourth-order valence-corrected chi connectivity index (χ4v) is 5.81. The summed E-state index contributed by atoms with van der Waals surface area (Å²) in [6, 6.07) is 40.2. The van der Waals surface area contributed by atoms with E-state index in [0.29, 0.717) is 52.4 Å². The van der Waals surface area contributed by atoms with Crippen LogP contribution in [0, 0.1) is 20.8 Å². The van der Waals surface area contributed by atoms with Crippen LogP contribution in [-0.2, 0) is 0 Å². The van der Waals surface area contributed by atoms with Crippen LogP contribution in [0.25, 0.3) is 79.1 Å². The lowest BCUT2D eigenvalue weighted by molar-refractivity contribution is 0.928. The van der Waals surface area contributed by atoms with E-state index >= 15 is 0 Å². The van der Waals surface area contributed by atoms with Gasteiger partial charge >= 0.3 is 0 Å². The van der Waals surface area contributed by atoms with Crippen LogP contribution in [0.4, 0.5) is 0 Å². The van der Waals surface area contributed by atoms with Gasteiger partial charge < -0.3 is 0 Å². The number of hydrogen-bond donors (Lipinski definition) is 0. The maximum Gasteiger partial charge on any atom is 0.164 e. The number of nitrogens with zero attached hydrogens (tertiary/aromatic N) is 9. The summed E-state index contributed by atoms with van der Waals surface area (Å²) >= 11 is 0. The molecule has 0 aliphatic carbocycles. The molecule has 3 aromatic heterocycles. The minimum Gasteiger partial charge on any atom is -0.219 e. The number of hydrogen-bond acceptors (Lipinski definition) is 9. The van der Waals surface area contributed by atoms with Gasteiger partial charge in [0.05, 0.1) is 0 Å². The average molecular weight is 636 g/mol. The summed E-state index contributed by atoms with van der Waals surface area (Å²) in [4.78, 5) is 42.7. The Balaban J connectivity index is 1.29. The molecule has 0 saturated carbocycles. The Labute approximate surface area is 283 Å². The maximum absolute atomic E-state index is 5.08. The molecule has 8 rings (SSSR count). The SMILES string of the molecule is Cc1nc(C)nc(-c2ccc(-c3nc(-c4ccccc4)nc(-c4cc(-c5nc(C)nc(-c6ccccc6)n5)cc5ccccc45)n3)cc2)n1. The van der Waals surface area contributed by atoms with Gasteiger partial charge in [0, 0.05) is 33.4 Å². The largest absolute Gasteiger partial charge is 0.219 e. The highest BCUT2D eigenvalue weighted by Gasteiger charge is 2.18. The Kier molecular flexibility index (Phi) is 7.62. The van der Waals surface area contributed by atoms with Gasteiger partial charge in [0.15, 0.2) is 34.9 Å². The van der Waals surface area contributed by atoms with Gasteiger partial charge in [-0.25, -0.2) is 44.9 Å². The van der Waals surface area contributed by atoms with E-state index in [2.05, 4.69) is 44.2 Å². The van der Waals surface area contributed by atoms with Crippen LogP contribution in [0.15, 0.2) is 121 Å². The summed E-state index contributed by atoms with van der Waals surface area (Å²) in [6.07, 6.45) is 0. The molecule has 0 fully saturated rings. The van der Waals surface area contributed by atoms with Gasteiger partial charge in [-0.15, -0.1) is 0 Å². The minimum atomic E-state index is 0.545. The Morgan fingerprint density at radius 3 is 1.24 bits per heavy atom. The molecule has 0 bridgehead atoms. The second-order valence-corrected chi connectivity index (χ2v) is 11.6. The molecule has 0 amide bonds. The average Bonchev–Trinajstić information content (AvgIpc) is 3.14. The van der Waals surface area contributed by atoms with Gasteiger partial charge in [-0.05, 0) is 43.7 Å². The number of benzene rings is 5. The van der Waals surface area contributed by atoms with Crippen molar-refractivity contribution < 1.29 is 0 Å². The van der Waals surface area contributed by atoms with Crippen molar-refractivity contribution in [2.45, 2.75) is 20.8 Å². The standard InChI is InChI=1S/C40H29N9/c1-24-41-25(2)43-35(42-24)29-18-20-30(21-19-29)38-47-37(28-14-8-5-9-15-28)48-40(49-38)34-23-32(22-31-16-10-11-17-33(31)34)39-45-26(3)44-36(46-39)27-12-6-4-7-13-27/h4-23H,1-3H3. The van der Waals surface area contributed by atoms with Gasteiger partial charge in [0.2, 0.25) is 0 Å². The molecule has 49 heavy (non-hydrogen) atoms. The van der Waals surface area contributed by atoms with E-state index in [1.807, 2.05) is 118 Å². The summed E-state index contributed by atoms with van der Waals surface area (Å²) < 4.78 is 0. The lowest BCUT2D eigenvalue weighted by Gasteiger charge is -2.13. The Morgan fingerprint density at radius 1 is 0.306 bits per heavy atom. The number of aromatic nitrogens is 9. The Hall–Kier alpha value is -6.61. The van der Waals surface area contributed by atoms with Crippen molar-refractivity contribution in [2.75, 3.05) is 0 Å². The summed E-state index contributed by atoms with van der Waals surface area (Å²) in [5.74, 6) is 5.50. The first-order chi connectivity index (χ1) is 24.0. The van der Waals surface area contributed by atoms with Crippen LogP contribution in [-0.4, -0.2) is 44.9 Å². The molecule has 0 aliphatic heterocycles. The minimum absolute atomic E-state index is 0.545. The van der Waals surface area contributed by atoms with Crippen LogP contribution in [0.5, 0.6) is 0 Å². The third kappa shape index (κ3) is 6.13. The lowest BCUT2D eigenvalue weighted by atomic mass is 9.99. The molecule has 234 valence electrons. The highest BCUT2D eigenvalue weighted by molar-refractivity contribution is 5.98. The second-order valence-electron chi connectivity index (χ2n) is 11.6. The normalized spacial score (nSPS) is 11.2. The fourth-order valence-electron chi connectivity index (χ4n) is 5.81. The first-order valence-electron chi connectivity index (χ1n) is 15.9. The molecule has 0 spiro atoms. The molecule has 0 atom stereocenters. The Morgan fingerprint density at radius 2 is 0.694 bits per heavy atom. The van der Waals surface area contributed by atoms with E-state index in [1.54, 1.807) is 0 Å². The van der Waals surface area contributed by atoms with E-state index < -0.39 is 0 Å². The van der Waals surface area contributed by atoms with Crippen molar-refractivity contribution in [3.63, 3.8) is 0 Å². The van der Waals surface area contributed by atoms with Gasteiger partial charge in [0.1, 0.15) is 17.5 Å². The van der Waals surface area contributed by atoms with E-state index in [1.165, 1.54) is 0 Å². The molecule has 0 radical (unpaired) electrons. The summed E-state index contributed by atoms with van der Waals surface area (Å²) in [5, 5.41) is 2.03. The zero-order valence-corrected chi connectivity index (χ0v) is 27.1. The van der Waals surface area contributed by atoms with Gasteiger partial charge in [-0.1, -0.05) is 109 Å². The van der Waals surface area contributed by atoms with Crippen LogP contribution < -0.4 is 0 Å². The zero-order valence-electron chi connectivity index (χ0n) is 27.1.